The normalized spacial score (nSPS) is 17.0. The number of rotatable bonds is 5. The van der Waals surface area contributed by atoms with Gasteiger partial charge in [-0.1, -0.05) is 0 Å². The average Bonchev–Trinajstić information content (AvgIpc) is 2.26. The summed E-state index contributed by atoms with van der Waals surface area (Å²) in [6, 6.07) is 0. The predicted octanol–water partition coefficient (Wildman–Crippen LogP) is 2.05. The summed E-state index contributed by atoms with van der Waals surface area (Å²) >= 11 is 2.00. The van der Waals surface area contributed by atoms with Crippen LogP contribution in [0.15, 0.2) is 0 Å². The monoisotopic (exact) mass is 225 g/mol. The molecule has 15 heavy (non-hydrogen) atoms. The number of carbonyl (C=O) groups is 1. The van der Waals surface area contributed by atoms with Gasteiger partial charge in [-0.3, -0.25) is 4.79 Å². The number of carbonyl (C=O) groups excluding carboxylic acids is 1. The molecule has 1 fully saturated rings. The molecular weight excluding hydrogens is 206 g/mol. The van der Waals surface area contributed by atoms with Gasteiger partial charge in [0.2, 0.25) is 5.91 Å². The Morgan fingerprint density at radius 3 is 2.87 bits per heavy atom. The highest BCUT2D eigenvalue weighted by molar-refractivity contribution is 7.99. The van der Waals surface area contributed by atoms with Crippen LogP contribution >= 0.6 is 11.8 Å². The van der Waals surface area contributed by atoms with Crippen LogP contribution in [0.4, 0.5) is 0 Å². The summed E-state index contributed by atoms with van der Waals surface area (Å²) in [4.78, 5) is 11.5. The average molecular weight is 225 g/mol. The zero-order valence-corrected chi connectivity index (χ0v) is 9.94. The van der Waals surface area contributed by atoms with E-state index in [1.165, 1.54) is 24.3 Å². The van der Waals surface area contributed by atoms with Crippen LogP contribution in [0.25, 0.3) is 0 Å². The number of unbranched alkanes of at least 4 members (excludes halogenated alkanes) is 1. The van der Waals surface area contributed by atoms with Crippen molar-refractivity contribution in [2.24, 2.45) is 5.92 Å². The topological polar surface area (TPSA) is 29.1 Å². The molecule has 1 aliphatic heterocycles. The zero-order chi connectivity index (χ0) is 10.9. The van der Waals surface area contributed by atoms with Crippen LogP contribution in [0.1, 0.15) is 32.1 Å². The molecule has 0 aromatic carbocycles. The molecule has 1 aliphatic rings. The van der Waals surface area contributed by atoms with Crippen molar-refractivity contribution in [3.8, 4) is 12.3 Å². The molecule has 2 nitrogen and oxygen atoms in total. The molecule has 1 rings (SSSR count). The molecule has 1 amide bonds. The first kappa shape index (κ1) is 12.4. The van der Waals surface area contributed by atoms with Gasteiger partial charge in [0.15, 0.2) is 0 Å². The fraction of sp³-hybridized carbons (Fsp3) is 0.750. The second-order valence-electron chi connectivity index (χ2n) is 3.92. The maximum Gasteiger partial charge on any atom is 0.220 e. The molecule has 1 heterocycles. The molecule has 0 unspecified atom stereocenters. The van der Waals surface area contributed by atoms with Crippen LogP contribution in [-0.4, -0.2) is 24.0 Å². The summed E-state index contributed by atoms with van der Waals surface area (Å²) < 4.78 is 0. The van der Waals surface area contributed by atoms with Gasteiger partial charge in [-0.05, 0) is 36.7 Å². The van der Waals surface area contributed by atoms with Gasteiger partial charge in [0.05, 0.1) is 0 Å². The van der Waals surface area contributed by atoms with Crippen LogP contribution in [-0.2, 0) is 4.79 Å². The van der Waals surface area contributed by atoms with Gasteiger partial charge in [-0.2, -0.15) is 11.8 Å². The summed E-state index contributed by atoms with van der Waals surface area (Å²) in [5.41, 5.74) is 0. The zero-order valence-electron chi connectivity index (χ0n) is 9.13. The molecule has 0 radical (unpaired) electrons. The van der Waals surface area contributed by atoms with Gasteiger partial charge >= 0.3 is 0 Å². The van der Waals surface area contributed by atoms with Crippen molar-refractivity contribution >= 4 is 17.7 Å². The van der Waals surface area contributed by atoms with Gasteiger partial charge in [0.1, 0.15) is 0 Å². The summed E-state index contributed by atoms with van der Waals surface area (Å²) in [6.07, 6.45) is 9.87. The predicted molar refractivity (Wildman–Crippen MR) is 65.7 cm³/mol. The summed E-state index contributed by atoms with van der Waals surface area (Å²) in [5.74, 6) is 5.81. The van der Waals surface area contributed by atoms with E-state index in [2.05, 4.69) is 11.2 Å². The highest BCUT2D eigenvalue weighted by atomic mass is 32.2. The number of nitrogens with one attached hydrogen (secondary N) is 1. The van der Waals surface area contributed by atoms with Crippen molar-refractivity contribution in [3.63, 3.8) is 0 Å². The second kappa shape index (κ2) is 7.64. The molecular formula is C12H19NOS. The van der Waals surface area contributed by atoms with Gasteiger partial charge < -0.3 is 5.32 Å². The fourth-order valence-corrected chi connectivity index (χ4v) is 2.91. The fourth-order valence-electron chi connectivity index (χ4n) is 1.70. The van der Waals surface area contributed by atoms with Gasteiger partial charge in [-0.15, -0.1) is 12.3 Å². The Bertz CT molecular complexity index is 228. The lowest BCUT2D eigenvalue weighted by Gasteiger charge is -2.20. The molecule has 0 aliphatic carbocycles. The van der Waals surface area contributed by atoms with Gasteiger partial charge in [-0.25, -0.2) is 0 Å². The van der Waals surface area contributed by atoms with E-state index in [0.29, 0.717) is 12.3 Å². The maximum absolute atomic E-state index is 11.5. The van der Waals surface area contributed by atoms with E-state index < -0.39 is 0 Å². The smallest absolute Gasteiger partial charge is 0.220 e. The third-order valence-electron chi connectivity index (χ3n) is 2.64. The van der Waals surface area contributed by atoms with E-state index in [1.807, 2.05) is 11.8 Å². The van der Waals surface area contributed by atoms with Crippen LogP contribution < -0.4 is 5.32 Å². The SMILES string of the molecule is C#CCCCNC(=O)CC1CCSCC1. The van der Waals surface area contributed by atoms with E-state index in [0.717, 1.165) is 19.4 Å². The summed E-state index contributed by atoms with van der Waals surface area (Å²) in [6.45, 7) is 0.727. The van der Waals surface area contributed by atoms with E-state index in [1.54, 1.807) is 0 Å². The van der Waals surface area contributed by atoms with E-state index >= 15 is 0 Å². The summed E-state index contributed by atoms with van der Waals surface area (Å²) in [7, 11) is 0. The minimum atomic E-state index is 0.198. The number of amides is 1. The first-order chi connectivity index (χ1) is 7.33. The highest BCUT2D eigenvalue weighted by Gasteiger charge is 2.16. The van der Waals surface area contributed by atoms with Crippen molar-refractivity contribution in [2.45, 2.75) is 32.1 Å². The number of hydrogen-bond donors (Lipinski definition) is 1. The number of thioether (sulfide) groups is 1. The molecule has 0 saturated carbocycles. The standard InChI is InChI=1S/C12H19NOS/c1-2-3-4-7-13-12(14)10-11-5-8-15-9-6-11/h1,11H,3-10H2,(H,13,14). The van der Waals surface area contributed by atoms with Crippen LogP contribution in [0.3, 0.4) is 0 Å². The first-order valence-electron chi connectivity index (χ1n) is 5.61. The van der Waals surface area contributed by atoms with Crippen LogP contribution in [0.2, 0.25) is 0 Å². The molecule has 0 atom stereocenters. The van der Waals surface area contributed by atoms with Gasteiger partial charge in [0.25, 0.3) is 0 Å². The van der Waals surface area contributed by atoms with E-state index in [4.69, 9.17) is 6.42 Å². The quantitative estimate of drug-likeness (QED) is 0.573. The lowest BCUT2D eigenvalue weighted by atomic mass is 9.98. The minimum absolute atomic E-state index is 0.198. The Kier molecular flexibility index (Phi) is 6.34. The highest BCUT2D eigenvalue weighted by Crippen LogP contribution is 2.24. The Labute approximate surface area is 96.6 Å². The van der Waals surface area contributed by atoms with Crippen LogP contribution in [0, 0.1) is 18.3 Å². The van der Waals surface area contributed by atoms with Crippen LogP contribution in [0.5, 0.6) is 0 Å². The van der Waals surface area contributed by atoms with E-state index in [9.17, 15) is 4.79 Å². The van der Waals surface area contributed by atoms with Crippen molar-refractivity contribution in [1.82, 2.24) is 5.32 Å². The molecule has 1 N–H and O–H groups in total. The molecule has 3 heteroatoms. The third kappa shape index (κ3) is 5.74. The van der Waals surface area contributed by atoms with Gasteiger partial charge in [0, 0.05) is 19.4 Å². The molecule has 0 bridgehead atoms. The Morgan fingerprint density at radius 1 is 1.47 bits per heavy atom. The molecule has 84 valence electrons. The van der Waals surface area contributed by atoms with E-state index in [-0.39, 0.29) is 5.91 Å². The Morgan fingerprint density at radius 2 is 2.20 bits per heavy atom. The molecule has 0 aromatic rings. The number of terminal acetylenes is 1. The Balaban J connectivity index is 2.04. The third-order valence-corrected chi connectivity index (χ3v) is 3.68. The molecule has 0 aromatic heterocycles. The van der Waals surface area contributed by atoms with Crippen molar-refractivity contribution in [1.29, 1.82) is 0 Å². The second-order valence-corrected chi connectivity index (χ2v) is 5.14. The lowest BCUT2D eigenvalue weighted by Crippen LogP contribution is -2.27. The van der Waals surface area contributed by atoms with Crippen molar-refractivity contribution in [3.05, 3.63) is 0 Å². The van der Waals surface area contributed by atoms with Crippen molar-refractivity contribution < 1.29 is 4.79 Å². The first-order valence-corrected chi connectivity index (χ1v) is 6.76. The maximum atomic E-state index is 11.5. The molecule has 0 spiro atoms. The minimum Gasteiger partial charge on any atom is -0.356 e. The number of hydrogen-bond acceptors (Lipinski definition) is 2. The lowest BCUT2D eigenvalue weighted by molar-refractivity contribution is -0.122. The Hall–Kier alpha value is -0.620. The summed E-state index contributed by atoms with van der Waals surface area (Å²) in [5, 5.41) is 2.92. The largest absolute Gasteiger partial charge is 0.356 e. The van der Waals surface area contributed by atoms with Crippen molar-refractivity contribution in [2.75, 3.05) is 18.1 Å². The molecule has 1 saturated heterocycles.